The van der Waals surface area contributed by atoms with Crippen LogP contribution >= 0.6 is 0 Å². The number of hydrogen-bond donors (Lipinski definition) is 0. The lowest BCUT2D eigenvalue weighted by Crippen LogP contribution is -2.17. The SMILES string of the molecule is CCCCCc1ccc(C2CCC(CCC3CCC(C=C(F)C#N)CC3)CC2)cc1. The predicted molar refractivity (Wildman–Crippen MR) is 124 cm³/mol. The minimum Gasteiger partial charge on any atom is -0.195 e. The van der Waals surface area contributed by atoms with E-state index in [2.05, 4.69) is 31.2 Å². The van der Waals surface area contributed by atoms with Crippen LogP contribution in [0.1, 0.15) is 107 Å². The van der Waals surface area contributed by atoms with Crippen molar-refractivity contribution in [2.24, 2.45) is 17.8 Å². The summed E-state index contributed by atoms with van der Waals surface area (Å²) in [6.07, 6.45) is 19.4. The molecule has 0 spiro atoms. The highest BCUT2D eigenvalue weighted by atomic mass is 19.1. The van der Waals surface area contributed by atoms with Crippen LogP contribution in [0, 0.1) is 29.1 Å². The van der Waals surface area contributed by atoms with Crippen molar-refractivity contribution in [2.75, 3.05) is 0 Å². The van der Waals surface area contributed by atoms with E-state index < -0.39 is 5.83 Å². The van der Waals surface area contributed by atoms with E-state index in [9.17, 15) is 4.39 Å². The van der Waals surface area contributed by atoms with Gasteiger partial charge < -0.3 is 0 Å². The zero-order valence-corrected chi connectivity index (χ0v) is 18.9. The van der Waals surface area contributed by atoms with Gasteiger partial charge in [-0.15, -0.1) is 0 Å². The molecule has 30 heavy (non-hydrogen) atoms. The molecular formula is C28H40FN. The zero-order chi connectivity index (χ0) is 21.2. The molecular weight excluding hydrogens is 369 g/mol. The first-order chi connectivity index (χ1) is 14.7. The molecule has 0 atom stereocenters. The van der Waals surface area contributed by atoms with E-state index in [0.29, 0.717) is 0 Å². The van der Waals surface area contributed by atoms with Gasteiger partial charge >= 0.3 is 0 Å². The van der Waals surface area contributed by atoms with Crippen molar-refractivity contribution < 1.29 is 4.39 Å². The molecule has 0 unspecified atom stereocenters. The quantitative estimate of drug-likeness (QED) is 0.296. The van der Waals surface area contributed by atoms with Crippen molar-refractivity contribution in [3.63, 3.8) is 0 Å². The molecule has 0 saturated heterocycles. The summed E-state index contributed by atoms with van der Waals surface area (Å²) in [5.41, 5.74) is 3.06. The molecule has 2 fully saturated rings. The Hall–Kier alpha value is -1.62. The van der Waals surface area contributed by atoms with Gasteiger partial charge in [0, 0.05) is 0 Å². The van der Waals surface area contributed by atoms with Gasteiger partial charge in [-0.2, -0.15) is 9.65 Å². The predicted octanol–water partition coefficient (Wildman–Crippen LogP) is 8.66. The van der Waals surface area contributed by atoms with Crippen LogP contribution in [0.2, 0.25) is 0 Å². The van der Waals surface area contributed by atoms with Gasteiger partial charge in [-0.1, -0.05) is 56.9 Å². The number of benzene rings is 1. The molecule has 1 aromatic carbocycles. The topological polar surface area (TPSA) is 23.8 Å². The summed E-state index contributed by atoms with van der Waals surface area (Å²) in [4.78, 5) is 0. The van der Waals surface area contributed by atoms with E-state index in [-0.39, 0.29) is 5.92 Å². The van der Waals surface area contributed by atoms with Gasteiger partial charge in [-0.3, -0.25) is 0 Å². The summed E-state index contributed by atoms with van der Waals surface area (Å²) in [5.74, 6) is 2.18. The lowest BCUT2D eigenvalue weighted by molar-refractivity contribution is 0.245. The van der Waals surface area contributed by atoms with Gasteiger partial charge in [-0.25, -0.2) is 0 Å². The number of rotatable bonds is 9. The molecule has 0 N–H and O–H groups in total. The highest BCUT2D eigenvalue weighted by Crippen LogP contribution is 2.40. The van der Waals surface area contributed by atoms with Crippen LogP contribution in [-0.4, -0.2) is 0 Å². The summed E-state index contributed by atoms with van der Waals surface area (Å²) < 4.78 is 13.1. The van der Waals surface area contributed by atoms with E-state index in [0.717, 1.165) is 30.6 Å². The van der Waals surface area contributed by atoms with Crippen LogP contribution in [0.15, 0.2) is 36.2 Å². The Morgan fingerprint density at radius 3 is 2.10 bits per heavy atom. The van der Waals surface area contributed by atoms with Crippen LogP contribution in [0.5, 0.6) is 0 Å². The standard InChI is InChI=1S/C28H40FN/c1-2-3-4-5-22-12-16-26(17-13-22)27-18-14-24(15-19-27)7-6-23-8-10-25(11-9-23)20-28(29)21-30/h12-13,16-17,20,23-25,27H,2-11,14-15,18-19H2,1H3. The molecule has 1 aromatic rings. The van der Waals surface area contributed by atoms with Crippen molar-refractivity contribution in [2.45, 2.75) is 103 Å². The van der Waals surface area contributed by atoms with Gasteiger partial charge in [-0.05, 0) is 105 Å². The molecule has 0 radical (unpaired) electrons. The van der Waals surface area contributed by atoms with Crippen molar-refractivity contribution in [3.05, 3.63) is 47.3 Å². The molecule has 0 aliphatic heterocycles. The average molecular weight is 410 g/mol. The fourth-order valence-electron chi connectivity index (χ4n) is 5.68. The number of aryl methyl sites for hydroxylation is 1. The third-order valence-corrected chi connectivity index (χ3v) is 7.73. The van der Waals surface area contributed by atoms with Crippen LogP contribution in [0.25, 0.3) is 0 Å². The molecule has 0 heterocycles. The first-order valence-electron chi connectivity index (χ1n) is 12.5. The van der Waals surface area contributed by atoms with Gasteiger partial charge in [0.15, 0.2) is 5.83 Å². The number of allylic oxidation sites excluding steroid dienone is 2. The maximum atomic E-state index is 13.1. The molecule has 1 nitrogen and oxygen atoms in total. The number of nitrogens with zero attached hydrogens (tertiary/aromatic N) is 1. The molecule has 2 heteroatoms. The number of unbranched alkanes of at least 4 members (excludes halogenated alkanes) is 2. The Labute approximate surface area is 183 Å². The average Bonchev–Trinajstić information content (AvgIpc) is 2.79. The monoisotopic (exact) mass is 409 g/mol. The fraction of sp³-hybridized carbons (Fsp3) is 0.679. The molecule has 2 aliphatic rings. The smallest absolute Gasteiger partial charge is 0.195 e. The molecule has 3 rings (SSSR count). The van der Waals surface area contributed by atoms with Crippen molar-refractivity contribution in [3.8, 4) is 6.07 Å². The number of nitriles is 1. The lowest BCUT2D eigenvalue weighted by Gasteiger charge is -2.31. The Balaban J connectivity index is 1.34. The lowest BCUT2D eigenvalue weighted by atomic mass is 9.74. The minimum absolute atomic E-state index is 0.286. The second kappa shape index (κ2) is 12.3. The highest BCUT2D eigenvalue weighted by molar-refractivity contribution is 5.26. The first kappa shape index (κ1) is 23.1. The van der Waals surface area contributed by atoms with Crippen LogP contribution < -0.4 is 0 Å². The first-order valence-corrected chi connectivity index (χ1v) is 12.5. The Morgan fingerprint density at radius 2 is 1.53 bits per heavy atom. The minimum atomic E-state index is -0.596. The van der Waals surface area contributed by atoms with Crippen molar-refractivity contribution >= 4 is 0 Å². The molecule has 0 amide bonds. The van der Waals surface area contributed by atoms with Crippen LogP contribution in [0.4, 0.5) is 4.39 Å². The second-order valence-electron chi connectivity index (χ2n) is 9.90. The van der Waals surface area contributed by atoms with Crippen LogP contribution in [0.3, 0.4) is 0 Å². The molecule has 0 bridgehead atoms. The Morgan fingerprint density at radius 1 is 0.933 bits per heavy atom. The molecule has 2 saturated carbocycles. The maximum Gasteiger partial charge on any atom is 0.196 e. The normalized spacial score (nSPS) is 27.6. The molecule has 164 valence electrons. The van der Waals surface area contributed by atoms with Gasteiger partial charge in [0.25, 0.3) is 0 Å². The summed E-state index contributed by atoms with van der Waals surface area (Å²) in [5, 5.41) is 8.60. The van der Waals surface area contributed by atoms with E-state index in [1.807, 2.05) is 0 Å². The third kappa shape index (κ3) is 7.26. The highest BCUT2D eigenvalue weighted by Gasteiger charge is 2.25. The zero-order valence-electron chi connectivity index (χ0n) is 18.9. The largest absolute Gasteiger partial charge is 0.196 e. The molecule has 0 aromatic heterocycles. The summed E-state index contributed by atoms with van der Waals surface area (Å²) in [6.45, 7) is 2.27. The molecule has 2 aliphatic carbocycles. The number of halogens is 1. The Bertz CT molecular complexity index is 682. The van der Waals surface area contributed by atoms with Gasteiger partial charge in [0.2, 0.25) is 0 Å². The third-order valence-electron chi connectivity index (χ3n) is 7.73. The van der Waals surface area contributed by atoms with Crippen molar-refractivity contribution in [1.82, 2.24) is 0 Å². The Kier molecular flexibility index (Phi) is 9.44. The van der Waals surface area contributed by atoms with Crippen molar-refractivity contribution in [1.29, 1.82) is 5.26 Å². The van der Waals surface area contributed by atoms with Gasteiger partial charge in [0.1, 0.15) is 6.07 Å². The summed E-state index contributed by atoms with van der Waals surface area (Å²) in [7, 11) is 0. The van der Waals surface area contributed by atoms with Gasteiger partial charge in [0.05, 0.1) is 0 Å². The summed E-state index contributed by atoms with van der Waals surface area (Å²) >= 11 is 0. The second-order valence-corrected chi connectivity index (χ2v) is 9.90. The maximum absolute atomic E-state index is 13.1. The van der Waals surface area contributed by atoms with E-state index in [1.54, 1.807) is 17.7 Å². The fourth-order valence-corrected chi connectivity index (χ4v) is 5.68. The van der Waals surface area contributed by atoms with Crippen LogP contribution in [-0.2, 0) is 6.42 Å². The van der Waals surface area contributed by atoms with E-state index in [1.165, 1.54) is 82.6 Å². The summed E-state index contributed by atoms with van der Waals surface area (Å²) in [6, 6.07) is 11.1. The number of hydrogen-bond acceptors (Lipinski definition) is 1. The van der Waals surface area contributed by atoms with E-state index in [4.69, 9.17) is 5.26 Å². The van der Waals surface area contributed by atoms with E-state index >= 15 is 0 Å².